The summed E-state index contributed by atoms with van der Waals surface area (Å²) in [6.45, 7) is 8.40. The molecule has 110 valence electrons. The molecule has 2 aromatic rings. The molecule has 3 nitrogen and oxygen atoms in total. The van der Waals surface area contributed by atoms with E-state index >= 15 is 0 Å². The molecule has 0 amide bonds. The molecule has 1 aromatic carbocycles. The van der Waals surface area contributed by atoms with Crippen LogP contribution in [0.3, 0.4) is 0 Å². The summed E-state index contributed by atoms with van der Waals surface area (Å²) in [6, 6.07) is 5.75. The highest BCUT2D eigenvalue weighted by Gasteiger charge is 2.30. The second-order valence-corrected chi connectivity index (χ2v) is 7.42. The molecule has 1 unspecified atom stereocenters. The van der Waals surface area contributed by atoms with Crippen LogP contribution in [-0.2, 0) is 5.41 Å². The van der Waals surface area contributed by atoms with Gasteiger partial charge in [0.25, 0.3) is 0 Å². The van der Waals surface area contributed by atoms with Gasteiger partial charge in [-0.05, 0) is 19.1 Å². The fourth-order valence-corrected chi connectivity index (χ4v) is 3.33. The van der Waals surface area contributed by atoms with E-state index in [0.717, 1.165) is 16.3 Å². The van der Waals surface area contributed by atoms with Crippen LogP contribution >= 0.6 is 11.3 Å². The van der Waals surface area contributed by atoms with Crippen LogP contribution in [0.25, 0.3) is 0 Å². The first-order valence-electron chi connectivity index (χ1n) is 7.11. The second kappa shape index (κ2) is 4.95. The number of thiazole rings is 1. The van der Waals surface area contributed by atoms with Crippen molar-refractivity contribution in [1.29, 1.82) is 0 Å². The van der Waals surface area contributed by atoms with Gasteiger partial charge < -0.3 is 4.74 Å². The Balaban J connectivity index is 1.91. The minimum atomic E-state index is -0.264. The van der Waals surface area contributed by atoms with Crippen molar-refractivity contribution in [2.45, 2.75) is 45.6 Å². The van der Waals surface area contributed by atoms with Gasteiger partial charge in [0.15, 0.2) is 5.78 Å². The lowest BCUT2D eigenvalue weighted by molar-refractivity contribution is 0.0845. The van der Waals surface area contributed by atoms with Crippen LogP contribution in [-0.4, -0.2) is 10.8 Å². The van der Waals surface area contributed by atoms with Crippen molar-refractivity contribution in [2.75, 3.05) is 0 Å². The first-order valence-corrected chi connectivity index (χ1v) is 7.99. The first kappa shape index (κ1) is 14.3. The van der Waals surface area contributed by atoms with Crippen LogP contribution in [0.15, 0.2) is 23.6 Å². The summed E-state index contributed by atoms with van der Waals surface area (Å²) < 4.78 is 5.99. The van der Waals surface area contributed by atoms with Gasteiger partial charge in [-0.2, -0.15) is 0 Å². The molecule has 21 heavy (non-hydrogen) atoms. The predicted molar refractivity (Wildman–Crippen MR) is 84.3 cm³/mol. The fourth-order valence-electron chi connectivity index (χ4n) is 2.38. The monoisotopic (exact) mass is 301 g/mol. The molecule has 0 aliphatic carbocycles. The standard InChI is InChI=1S/C17H19NO2S/c1-10-5-6-14-11(7-10)13(19)8-15(20-14)12-9-21-16(18-12)17(2,3)4/h5-7,9,15H,8H2,1-4H3. The topological polar surface area (TPSA) is 39.2 Å². The van der Waals surface area contributed by atoms with Crippen molar-refractivity contribution in [3.05, 3.63) is 45.4 Å². The third-order valence-corrected chi connectivity index (χ3v) is 4.86. The quantitative estimate of drug-likeness (QED) is 0.781. The van der Waals surface area contributed by atoms with Crippen LogP contribution < -0.4 is 4.74 Å². The molecule has 1 aliphatic rings. The second-order valence-electron chi connectivity index (χ2n) is 6.56. The number of fused-ring (bicyclic) bond motifs is 1. The van der Waals surface area contributed by atoms with Gasteiger partial charge in [0, 0.05) is 10.8 Å². The van der Waals surface area contributed by atoms with Crippen LogP contribution in [0.2, 0.25) is 0 Å². The molecule has 0 saturated heterocycles. The smallest absolute Gasteiger partial charge is 0.170 e. The van der Waals surface area contributed by atoms with Gasteiger partial charge in [0.05, 0.1) is 22.7 Å². The van der Waals surface area contributed by atoms with Crippen molar-refractivity contribution in [3.63, 3.8) is 0 Å². The molecule has 3 rings (SSSR count). The highest BCUT2D eigenvalue weighted by atomic mass is 32.1. The van der Waals surface area contributed by atoms with E-state index in [1.54, 1.807) is 11.3 Å². The minimum Gasteiger partial charge on any atom is -0.483 e. The van der Waals surface area contributed by atoms with Crippen molar-refractivity contribution >= 4 is 17.1 Å². The number of aromatic nitrogens is 1. The van der Waals surface area contributed by atoms with E-state index in [-0.39, 0.29) is 17.3 Å². The summed E-state index contributed by atoms with van der Waals surface area (Å²) in [7, 11) is 0. The van der Waals surface area contributed by atoms with Crippen molar-refractivity contribution in [2.24, 2.45) is 0 Å². The number of benzene rings is 1. The molecule has 2 heterocycles. The molecule has 4 heteroatoms. The highest BCUT2D eigenvalue weighted by molar-refractivity contribution is 7.09. The number of hydrogen-bond acceptors (Lipinski definition) is 4. The average molecular weight is 301 g/mol. The Morgan fingerprint density at radius 2 is 2.10 bits per heavy atom. The molecule has 1 aliphatic heterocycles. The maximum atomic E-state index is 12.3. The maximum Gasteiger partial charge on any atom is 0.170 e. The molecule has 0 saturated carbocycles. The van der Waals surface area contributed by atoms with Gasteiger partial charge in [-0.15, -0.1) is 11.3 Å². The van der Waals surface area contributed by atoms with Crippen molar-refractivity contribution in [3.8, 4) is 5.75 Å². The Morgan fingerprint density at radius 3 is 2.76 bits per heavy atom. The number of carbonyl (C=O) groups excluding carboxylic acids is 1. The van der Waals surface area contributed by atoms with E-state index in [2.05, 4.69) is 25.8 Å². The number of nitrogens with zero attached hydrogens (tertiary/aromatic N) is 1. The molecule has 1 atom stereocenters. The number of aryl methyl sites for hydroxylation is 1. The molecule has 0 radical (unpaired) electrons. The zero-order chi connectivity index (χ0) is 15.2. The Labute approximate surface area is 129 Å². The number of hydrogen-bond donors (Lipinski definition) is 0. The van der Waals surface area contributed by atoms with E-state index in [4.69, 9.17) is 4.74 Å². The summed E-state index contributed by atoms with van der Waals surface area (Å²) in [4.78, 5) is 17.0. The number of Topliss-reactive ketones (excluding diaryl/α,β-unsaturated/α-hetero) is 1. The van der Waals surface area contributed by atoms with Gasteiger partial charge >= 0.3 is 0 Å². The number of carbonyl (C=O) groups is 1. The summed E-state index contributed by atoms with van der Waals surface area (Å²) >= 11 is 1.63. The van der Waals surface area contributed by atoms with Gasteiger partial charge in [-0.25, -0.2) is 4.98 Å². The summed E-state index contributed by atoms with van der Waals surface area (Å²) in [6.07, 6.45) is 0.101. The molecular formula is C17H19NO2S. The van der Waals surface area contributed by atoms with Crippen molar-refractivity contribution < 1.29 is 9.53 Å². The van der Waals surface area contributed by atoms with E-state index in [1.807, 2.05) is 30.5 Å². The zero-order valence-electron chi connectivity index (χ0n) is 12.8. The average Bonchev–Trinajstić information content (AvgIpc) is 2.89. The van der Waals surface area contributed by atoms with E-state index in [0.29, 0.717) is 17.7 Å². The minimum absolute atomic E-state index is 0.0244. The van der Waals surface area contributed by atoms with Gasteiger partial charge in [0.2, 0.25) is 0 Å². The summed E-state index contributed by atoms with van der Waals surface area (Å²) in [5.74, 6) is 0.808. The van der Waals surface area contributed by atoms with Crippen LogP contribution in [0, 0.1) is 6.92 Å². The number of ether oxygens (including phenoxy) is 1. The van der Waals surface area contributed by atoms with Crippen LogP contribution in [0.4, 0.5) is 0 Å². The first-order chi connectivity index (χ1) is 9.84. The summed E-state index contributed by atoms with van der Waals surface area (Å²) in [5.41, 5.74) is 2.66. The van der Waals surface area contributed by atoms with E-state index in [1.165, 1.54) is 0 Å². The highest BCUT2D eigenvalue weighted by Crippen LogP contribution is 2.37. The molecule has 0 fully saturated rings. The SMILES string of the molecule is Cc1ccc2c(c1)C(=O)CC(c1csc(C(C)(C)C)n1)O2. The lowest BCUT2D eigenvalue weighted by Crippen LogP contribution is -2.21. The van der Waals surface area contributed by atoms with E-state index in [9.17, 15) is 4.79 Å². The van der Waals surface area contributed by atoms with E-state index < -0.39 is 0 Å². The maximum absolute atomic E-state index is 12.3. The van der Waals surface area contributed by atoms with Crippen molar-refractivity contribution in [1.82, 2.24) is 4.98 Å². The molecule has 0 spiro atoms. The zero-order valence-corrected chi connectivity index (χ0v) is 13.6. The Hall–Kier alpha value is -1.68. The molecular weight excluding hydrogens is 282 g/mol. The largest absolute Gasteiger partial charge is 0.483 e. The third-order valence-electron chi connectivity index (χ3n) is 3.57. The lowest BCUT2D eigenvalue weighted by Gasteiger charge is -2.24. The normalized spacial score (nSPS) is 18.3. The van der Waals surface area contributed by atoms with Gasteiger partial charge in [0.1, 0.15) is 11.9 Å². The lowest BCUT2D eigenvalue weighted by atomic mass is 9.97. The van der Waals surface area contributed by atoms with Crippen LogP contribution in [0.5, 0.6) is 5.75 Å². The molecule has 1 aromatic heterocycles. The number of rotatable bonds is 1. The van der Waals surface area contributed by atoms with Gasteiger partial charge in [-0.3, -0.25) is 4.79 Å². The molecule has 0 bridgehead atoms. The Bertz CT molecular complexity index is 697. The number of ketones is 1. The Morgan fingerprint density at radius 1 is 1.33 bits per heavy atom. The van der Waals surface area contributed by atoms with Crippen LogP contribution in [0.1, 0.15) is 59.9 Å². The fraction of sp³-hybridized carbons (Fsp3) is 0.412. The molecule has 0 N–H and O–H groups in total. The van der Waals surface area contributed by atoms with Gasteiger partial charge in [-0.1, -0.05) is 32.4 Å². The Kier molecular flexibility index (Phi) is 3.36. The summed E-state index contributed by atoms with van der Waals surface area (Å²) in [5, 5.41) is 3.08. The third kappa shape index (κ3) is 2.72. The predicted octanol–water partition coefficient (Wildman–Crippen LogP) is 4.46.